The van der Waals surface area contributed by atoms with Crippen LogP contribution >= 0.6 is 0 Å². The monoisotopic (exact) mass is 290 g/mol. The lowest BCUT2D eigenvalue weighted by molar-refractivity contribution is -0.128. The Morgan fingerprint density at radius 3 is 2.90 bits per heavy atom. The first-order valence-corrected chi connectivity index (χ1v) is 7.85. The molecule has 1 amide bonds. The molecule has 2 aliphatic heterocycles. The number of hydrogen-bond acceptors (Lipinski definition) is 2. The zero-order chi connectivity index (χ0) is 14.9. The number of amides is 1. The van der Waals surface area contributed by atoms with Crippen LogP contribution in [0.15, 0.2) is 18.2 Å². The molecule has 0 saturated carbocycles. The molecule has 21 heavy (non-hydrogen) atoms. The number of nitrogens with zero attached hydrogens (tertiary/aromatic N) is 1. The third-order valence-electron chi connectivity index (χ3n) is 5.11. The molecule has 2 fully saturated rings. The summed E-state index contributed by atoms with van der Waals surface area (Å²) in [5.74, 6) is 0.0725. The average molecular weight is 290 g/mol. The molecule has 2 saturated heterocycles. The molecule has 0 aliphatic carbocycles. The van der Waals surface area contributed by atoms with Crippen molar-refractivity contribution in [3.8, 4) is 0 Å². The molecule has 114 valence electrons. The number of aryl methyl sites for hydroxylation is 1. The van der Waals surface area contributed by atoms with E-state index in [0.29, 0.717) is 0 Å². The average Bonchev–Trinajstić information content (AvgIpc) is 2.69. The molecular formula is C17H23FN2O. The Kier molecular flexibility index (Phi) is 3.98. The maximum absolute atomic E-state index is 13.4. The minimum atomic E-state index is -0.169. The summed E-state index contributed by atoms with van der Waals surface area (Å²) in [5.41, 5.74) is 2.06. The van der Waals surface area contributed by atoms with Crippen molar-refractivity contribution in [2.75, 3.05) is 19.6 Å². The summed E-state index contributed by atoms with van der Waals surface area (Å²) in [6.45, 7) is 5.54. The lowest BCUT2D eigenvalue weighted by Gasteiger charge is -2.25. The van der Waals surface area contributed by atoms with Crippen LogP contribution in [0.4, 0.5) is 4.39 Å². The smallest absolute Gasteiger partial charge is 0.226 e. The van der Waals surface area contributed by atoms with Gasteiger partial charge in [0.05, 0.1) is 5.41 Å². The lowest BCUT2D eigenvalue weighted by atomic mass is 9.79. The first-order chi connectivity index (χ1) is 10.1. The van der Waals surface area contributed by atoms with Gasteiger partial charge in [-0.2, -0.15) is 0 Å². The standard InChI is InChI=1S/C17H23FN2O/c1-13-3-4-15(18)11-14(13)12-20-9-2-5-17(7-10-20)6-8-19-16(17)21/h3-4,11H,2,5-10,12H2,1H3,(H,19,21)/t17-/m0/s1. The van der Waals surface area contributed by atoms with Crippen molar-refractivity contribution in [3.05, 3.63) is 35.1 Å². The molecule has 3 nitrogen and oxygen atoms in total. The van der Waals surface area contributed by atoms with Crippen LogP contribution in [0.3, 0.4) is 0 Å². The fraction of sp³-hybridized carbons (Fsp3) is 0.588. The number of carbonyl (C=O) groups excluding carboxylic acids is 1. The second-order valence-corrected chi connectivity index (χ2v) is 6.49. The molecule has 0 unspecified atom stereocenters. The number of halogens is 1. The number of nitrogens with one attached hydrogen (secondary N) is 1. The molecule has 0 aromatic heterocycles. The quantitative estimate of drug-likeness (QED) is 0.908. The van der Waals surface area contributed by atoms with Crippen molar-refractivity contribution >= 4 is 5.91 Å². The van der Waals surface area contributed by atoms with E-state index in [0.717, 1.165) is 63.0 Å². The van der Waals surface area contributed by atoms with Gasteiger partial charge in [-0.3, -0.25) is 9.69 Å². The van der Waals surface area contributed by atoms with Gasteiger partial charge in [0.25, 0.3) is 0 Å². The van der Waals surface area contributed by atoms with Crippen LogP contribution in [0, 0.1) is 18.2 Å². The maximum atomic E-state index is 13.4. The van der Waals surface area contributed by atoms with Crippen molar-refractivity contribution in [1.82, 2.24) is 10.2 Å². The predicted molar refractivity (Wildman–Crippen MR) is 80.3 cm³/mol. The summed E-state index contributed by atoms with van der Waals surface area (Å²) < 4.78 is 13.4. The summed E-state index contributed by atoms with van der Waals surface area (Å²) in [6.07, 6.45) is 3.92. The Morgan fingerprint density at radius 1 is 1.29 bits per heavy atom. The normalized spacial score (nSPS) is 26.9. The van der Waals surface area contributed by atoms with E-state index in [1.807, 2.05) is 13.0 Å². The number of benzene rings is 1. The van der Waals surface area contributed by atoms with Crippen molar-refractivity contribution in [2.24, 2.45) is 5.41 Å². The molecule has 2 aliphatic rings. The second-order valence-electron chi connectivity index (χ2n) is 6.49. The molecule has 1 aromatic carbocycles. The Labute approximate surface area is 125 Å². The molecule has 2 heterocycles. The van der Waals surface area contributed by atoms with Crippen LogP contribution in [-0.2, 0) is 11.3 Å². The highest BCUT2D eigenvalue weighted by molar-refractivity contribution is 5.84. The third-order valence-corrected chi connectivity index (χ3v) is 5.11. The molecule has 0 radical (unpaired) electrons. The Bertz CT molecular complexity index is 546. The number of hydrogen-bond donors (Lipinski definition) is 1. The fourth-order valence-electron chi connectivity index (χ4n) is 3.65. The van der Waals surface area contributed by atoms with Gasteiger partial charge < -0.3 is 5.32 Å². The van der Waals surface area contributed by atoms with Gasteiger partial charge >= 0.3 is 0 Å². The molecule has 1 aromatic rings. The lowest BCUT2D eigenvalue weighted by Crippen LogP contribution is -2.32. The van der Waals surface area contributed by atoms with E-state index in [4.69, 9.17) is 0 Å². The minimum Gasteiger partial charge on any atom is -0.356 e. The summed E-state index contributed by atoms with van der Waals surface area (Å²) in [6, 6.07) is 4.99. The topological polar surface area (TPSA) is 32.3 Å². The number of rotatable bonds is 2. The highest BCUT2D eigenvalue weighted by atomic mass is 19.1. The van der Waals surface area contributed by atoms with Gasteiger partial charge in [-0.05, 0) is 69.0 Å². The van der Waals surface area contributed by atoms with Crippen molar-refractivity contribution < 1.29 is 9.18 Å². The number of carbonyl (C=O) groups is 1. The molecule has 0 bridgehead atoms. The van der Waals surface area contributed by atoms with Crippen molar-refractivity contribution in [2.45, 2.75) is 39.2 Å². The molecular weight excluding hydrogens is 267 g/mol. The van der Waals surface area contributed by atoms with E-state index >= 15 is 0 Å². The molecule has 1 N–H and O–H groups in total. The van der Waals surface area contributed by atoms with E-state index in [9.17, 15) is 9.18 Å². The van der Waals surface area contributed by atoms with Crippen LogP contribution in [0.25, 0.3) is 0 Å². The van der Waals surface area contributed by atoms with E-state index in [2.05, 4.69) is 10.2 Å². The first-order valence-electron chi connectivity index (χ1n) is 7.85. The van der Waals surface area contributed by atoms with Gasteiger partial charge in [0.1, 0.15) is 5.82 Å². The van der Waals surface area contributed by atoms with Crippen LogP contribution in [0.2, 0.25) is 0 Å². The Hall–Kier alpha value is -1.42. The van der Waals surface area contributed by atoms with E-state index in [-0.39, 0.29) is 17.1 Å². The minimum absolute atomic E-state index is 0.133. The first kappa shape index (κ1) is 14.5. The maximum Gasteiger partial charge on any atom is 0.226 e. The van der Waals surface area contributed by atoms with Gasteiger partial charge in [-0.25, -0.2) is 4.39 Å². The molecule has 3 rings (SSSR count). The predicted octanol–water partition coefficient (Wildman–Crippen LogP) is 2.63. The van der Waals surface area contributed by atoms with E-state index in [1.165, 1.54) is 6.07 Å². The highest BCUT2D eigenvalue weighted by Gasteiger charge is 2.42. The summed E-state index contributed by atoms with van der Waals surface area (Å²) in [5, 5.41) is 2.98. The van der Waals surface area contributed by atoms with Crippen LogP contribution < -0.4 is 5.32 Å². The van der Waals surface area contributed by atoms with Crippen molar-refractivity contribution in [3.63, 3.8) is 0 Å². The van der Waals surface area contributed by atoms with Gasteiger partial charge in [-0.1, -0.05) is 6.07 Å². The zero-order valence-corrected chi connectivity index (χ0v) is 12.6. The van der Waals surface area contributed by atoms with E-state index < -0.39 is 0 Å². The number of likely N-dealkylation sites (tertiary alicyclic amines) is 1. The van der Waals surface area contributed by atoms with Crippen LogP contribution in [0.5, 0.6) is 0 Å². The SMILES string of the molecule is Cc1ccc(F)cc1CN1CCC[C@]2(CCNC2=O)CC1. The highest BCUT2D eigenvalue weighted by Crippen LogP contribution is 2.38. The van der Waals surface area contributed by atoms with Gasteiger partial charge in [0.15, 0.2) is 0 Å². The van der Waals surface area contributed by atoms with Gasteiger partial charge in [0, 0.05) is 13.1 Å². The van der Waals surface area contributed by atoms with Crippen LogP contribution in [-0.4, -0.2) is 30.4 Å². The van der Waals surface area contributed by atoms with Gasteiger partial charge in [-0.15, -0.1) is 0 Å². The summed E-state index contributed by atoms with van der Waals surface area (Å²) in [4.78, 5) is 14.5. The largest absolute Gasteiger partial charge is 0.356 e. The van der Waals surface area contributed by atoms with Crippen molar-refractivity contribution in [1.29, 1.82) is 0 Å². The molecule has 4 heteroatoms. The van der Waals surface area contributed by atoms with E-state index in [1.54, 1.807) is 6.07 Å². The second kappa shape index (κ2) is 5.76. The summed E-state index contributed by atoms with van der Waals surface area (Å²) in [7, 11) is 0. The molecule has 1 spiro atoms. The summed E-state index contributed by atoms with van der Waals surface area (Å²) >= 11 is 0. The third kappa shape index (κ3) is 2.95. The molecule has 1 atom stereocenters. The Balaban J connectivity index is 1.68. The fourth-order valence-corrected chi connectivity index (χ4v) is 3.65. The van der Waals surface area contributed by atoms with Gasteiger partial charge in [0.2, 0.25) is 5.91 Å². The Morgan fingerprint density at radius 2 is 2.14 bits per heavy atom. The van der Waals surface area contributed by atoms with Crippen LogP contribution in [0.1, 0.15) is 36.8 Å². The zero-order valence-electron chi connectivity index (χ0n) is 12.6.